The van der Waals surface area contributed by atoms with Gasteiger partial charge in [0, 0.05) is 32.8 Å². The van der Waals surface area contributed by atoms with Gasteiger partial charge < -0.3 is 15.4 Å². The molecule has 0 heterocycles. The van der Waals surface area contributed by atoms with Crippen molar-refractivity contribution in [2.24, 2.45) is 10.7 Å². The summed E-state index contributed by atoms with van der Waals surface area (Å²) in [5.74, 6) is 0.689. The average molecular weight is 341 g/mol. The topological polar surface area (TPSA) is 50.9 Å². The molecule has 2 N–H and O–H groups in total. The van der Waals surface area contributed by atoms with Crippen LogP contribution in [-0.4, -0.2) is 43.7 Å². The van der Waals surface area contributed by atoms with Crippen LogP contribution in [0.3, 0.4) is 0 Å². The molecule has 16 heavy (non-hydrogen) atoms. The Morgan fingerprint density at radius 1 is 1.44 bits per heavy atom. The summed E-state index contributed by atoms with van der Waals surface area (Å²) in [6.07, 6.45) is 4.64. The Morgan fingerprint density at radius 2 is 2.12 bits per heavy atom. The van der Waals surface area contributed by atoms with Crippen LogP contribution in [0.25, 0.3) is 0 Å². The Balaban J connectivity index is 0.00000225. The minimum atomic E-state index is 0. The second-order valence-electron chi connectivity index (χ2n) is 3.99. The van der Waals surface area contributed by atoms with E-state index in [-0.39, 0.29) is 24.0 Å². The summed E-state index contributed by atoms with van der Waals surface area (Å²) in [6.45, 7) is 4.47. The molecule has 4 nitrogen and oxygen atoms in total. The number of aliphatic imine (C=N–C) groups is 1. The van der Waals surface area contributed by atoms with Gasteiger partial charge in [-0.05, 0) is 32.6 Å². The van der Waals surface area contributed by atoms with E-state index in [1.54, 1.807) is 0 Å². The number of nitrogens with two attached hydrogens (primary N) is 1. The number of ether oxygens (including phenoxy) is 1. The van der Waals surface area contributed by atoms with Crippen LogP contribution >= 0.6 is 24.0 Å². The molecule has 0 spiro atoms. The lowest BCUT2D eigenvalue weighted by Gasteiger charge is -2.16. The van der Waals surface area contributed by atoms with Gasteiger partial charge in [-0.1, -0.05) is 0 Å². The van der Waals surface area contributed by atoms with E-state index in [1.165, 1.54) is 12.8 Å². The molecule has 0 atom stereocenters. The third kappa shape index (κ3) is 6.52. The first kappa shape index (κ1) is 16.0. The SMILES string of the molecule is CCOCCCCN=C(N)N(C)C1CC1.I. The smallest absolute Gasteiger partial charge is 0.191 e. The minimum absolute atomic E-state index is 0. The second-order valence-corrected chi connectivity index (χ2v) is 3.99. The fourth-order valence-electron chi connectivity index (χ4n) is 1.41. The summed E-state index contributed by atoms with van der Waals surface area (Å²) in [5, 5.41) is 0. The van der Waals surface area contributed by atoms with Crippen LogP contribution in [0.15, 0.2) is 4.99 Å². The zero-order valence-electron chi connectivity index (χ0n) is 10.3. The van der Waals surface area contributed by atoms with Crippen LogP contribution in [0.1, 0.15) is 32.6 Å². The van der Waals surface area contributed by atoms with Gasteiger partial charge in [0.15, 0.2) is 5.96 Å². The Morgan fingerprint density at radius 3 is 2.69 bits per heavy atom. The third-order valence-corrected chi connectivity index (χ3v) is 2.63. The van der Waals surface area contributed by atoms with Crippen molar-refractivity contribution in [1.82, 2.24) is 4.90 Å². The highest BCUT2D eigenvalue weighted by atomic mass is 127. The Labute approximate surface area is 116 Å². The van der Waals surface area contributed by atoms with Crippen molar-refractivity contribution in [3.63, 3.8) is 0 Å². The van der Waals surface area contributed by atoms with Crippen molar-refractivity contribution in [1.29, 1.82) is 0 Å². The van der Waals surface area contributed by atoms with E-state index in [0.717, 1.165) is 32.6 Å². The fourth-order valence-corrected chi connectivity index (χ4v) is 1.41. The number of halogens is 1. The molecule has 0 aromatic carbocycles. The molecule has 0 amide bonds. The fraction of sp³-hybridized carbons (Fsp3) is 0.909. The molecule has 1 saturated carbocycles. The van der Waals surface area contributed by atoms with Crippen LogP contribution in [0.4, 0.5) is 0 Å². The monoisotopic (exact) mass is 341 g/mol. The predicted octanol–water partition coefficient (Wildman–Crippen LogP) is 1.83. The summed E-state index contributed by atoms with van der Waals surface area (Å²) < 4.78 is 5.25. The molecule has 1 aliphatic rings. The normalized spacial score (nSPS) is 15.8. The van der Waals surface area contributed by atoms with Gasteiger partial charge >= 0.3 is 0 Å². The number of nitrogens with zero attached hydrogens (tertiary/aromatic N) is 2. The van der Waals surface area contributed by atoms with E-state index in [9.17, 15) is 0 Å². The summed E-state index contributed by atoms with van der Waals surface area (Å²) >= 11 is 0. The quantitative estimate of drug-likeness (QED) is 0.333. The van der Waals surface area contributed by atoms with Crippen molar-refractivity contribution < 1.29 is 4.74 Å². The zero-order valence-corrected chi connectivity index (χ0v) is 12.6. The van der Waals surface area contributed by atoms with Gasteiger partial charge in [0.2, 0.25) is 0 Å². The molecule has 0 bridgehead atoms. The van der Waals surface area contributed by atoms with E-state index < -0.39 is 0 Å². The van der Waals surface area contributed by atoms with Gasteiger partial charge in [0.1, 0.15) is 0 Å². The zero-order chi connectivity index (χ0) is 11.1. The van der Waals surface area contributed by atoms with Gasteiger partial charge in [0.05, 0.1) is 0 Å². The summed E-state index contributed by atoms with van der Waals surface area (Å²) in [5.41, 5.74) is 5.84. The van der Waals surface area contributed by atoms with E-state index in [0.29, 0.717) is 12.0 Å². The molecular formula is C11H24IN3O. The van der Waals surface area contributed by atoms with Crippen LogP contribution in [0, 0.1) is 0 Å². The summed E-state index contributed by atoms with van der Waals surface area (Å²) in [7, 11) is 2.02. The Bertz CT molecular complexity index is 207. The second kappa shape index (κ2) is 9.04. The molecule has 0 aromatic rings. The van der Waals surface area contributed by atoms with Crippen LogP contribution in [0.5, 0.6) is 0 Å². The van der Waals surface area contributed by atoms with E-state index in [2.05, 4.69) is 9.89 Å². The first-order valence-corrected chi connectivity index (χ1v) is 5.86. The number of guanidine groups is 1. The van der Waals surface area contributed by atoms with Crippen molar-refractivity contribution >= 4 is 29.9 Å². The largest absolute Gasteiger partial charge is 0.382 e. The van der Waals surface area contributed by atoms with E-state index in [1.807, 2.05) is 14.0 Å². The first-order chi connectivity index (χ1) is 7.25. The lowest BCUT2D eigenvalue weighted by Crippen LogP contribution is -2.35. The molecule has 1 rings (SSSR count). The van der Waals surface area contributed by atoms with Crippen molar-refractivity contribution in [2.45, 2.75) is 38.6 Å². The van der Waals surface area contributed by atoms with Gasteiger partial charge in [0.25, 0.3) is 0 Å². The number of unbranched alkanes of at least 4 members (excludes halogenated alkanes) is 1. The maximum Gasteiger partial charge on any atom is 0.191 e. The van der Waals surface area contributed by atoms with Crippen LogP contribution < -0.4 is 5.73 Å². The molecule has 0 aliphatic heterocycles. The average Bonchev–Trinajstić information content (AvgIpc) is 3.05. The van der Waals surface area contributed by atoms with Crippen molar-refractivity contribution in [2.75, 3.05) is 26.8 Å². The van der Waals surface area contributed by atoms with Gasteiger partial charge in [-0.25, -0.2) is 0 Å². The third-order valence-electron chi connectivity index (χ3n) is 2.63. The maximum atomic E-state index is 5.84. The highest BCUT2D eigenvalue weighted by molar-refractivity contribution is 14.0. The standard InChI is InChI=1S/C11H23N3O.HI/c1-3-15-9-5-4-8-13-11(12)14(2)10-6-7-10;/h10H,3-9H2,1-2H3,(H2,12,13);1H. The van der Waals surface area contributed by atoms with Crippen molar-refractivity contribution in [3.05, 3.63) is 0 Å². The highest BCUT2D eigenvalue weighted by Gasteiger charge is 2.27. The molecule has 1 fully saturated rings. The molecule has 0 aromatic heterocycles. The summed E-state index contributed by atoms with van der Waals surface area (Å²) in [6, 6.07) is 0.650. The van der Waals surface area contributed by atoms with Crippen LogP contribution in [0.2, 0.25) is 0 Å². The molecule has 5 heteroatoms. The molecule has 0 unspecified atom stereocenters. The number of hydrogen-bond acceptors (Lipinski definition) is 2. The predicted molar refractivity (Wildman–Crippen MR) is 78.4 cm³/mol. The molecule has 0 radical (unpaired) electrons. The van der Waals surface area contributed by atoms with Crippen molar-refractivity contribution in [3.8, 4) is 0 Å². The first-order valence-electron chi connectivity index (χ1n) is 5.86. The molecule has 96 valence electrons. The van der Waals surface area contributed by atoms with Gasteiger partial charge in [-0.3, -0.25) is 4.99 Å². The maximum absolute atomic E-state index is 5.84. The van der Waals surface area contributed by atoms with E-state index >= 15 is 0 Å². The number of hydrogen-bond donors (Lipinski definition) is 1. The Kier molecular flexibility index (Phi) is 9.02. The highest BCUT2D eigenvalue weighted by Crippen LogP contribution is 2.24. The molecule has 1 aliphatic carbocycles. The Hall–Kier alpha value is -0.0400. The lowest BCUT2D eigenvalue weighted by atomic mass is 10.3. The van der Waals surface area contributed by atoms with E-state index in [4.69, 9.17) is 10.5 Å². The number of rotatable bonds is 7. The molecule has 0 saturated heterocycles. The minimum Gasteiger partial charge on any atom is -0.382 e. The van der Waals surface area contributed by atoms with Gasteiger partial charge in [-0.15, -0.1) is 24.0 Å². The summed E-state index contributed by atoms with van der Waals surface area (Å²) in [4.78, 5) is 6.43. The lowest BCUT2D eigenvalue weighted by molar-refractivity contribution is 0.144. The van der Waals surface area contributed by atoms with Gasteiger partial charge in [-0.2, -0.15) is 0 Å². The molecular weight excluding hydrogens is 317 g/mol. The van der Waals surface area contributed by atoms with Crippen LogP contribution in [-0.2, 0) is 4.74 Å².